The average Bonchev–Trinajstić information content (AvgIpc) is 2.60. The molecular formula is C17H13BrClN5O2. The van der Waals surface area contributed by atoms with Crippen LogP contribution in [0, 0.1) is 22.7 Å². The Bertz CT molecular complexity index is 968. The highest BCUT2D eigenvalue weighted by Gasteiger charge is 2.32. The number of benzene rings is 1. The Hall–Kier alpha value is -2.55. The number of fused-ring (bicyclic) bond motifs is 1. The highest BCUT2D eigenvalue weighted by molar-refractivity contribution is 9.10. The van der Waals surface area contributed by atoms with Crippen LogP contribution in [0.25, 0.3) is 10.9 Å². The van der Waals surface area contributed by atoms with Crippen molar-refractivity contribution < 1.29 is 9.90 Å². The van der Waals surface area contributed by atoms with Gasteiger partial charge < -0.3 is 14.9 Å². The lowest BCUT2D eigenvalue weighted by molar-refractivity contribution is 0.119. The number of hydrogen-bond acceptors (Lipinski definition) is 5. The van der Waals surface area contributed by atoms with Crippen LogP contribution >= 0.6 is 27.5 Å². The number of amides is 1. The van der Waals surface area contributed by atoms with Crippen LogP contribution in [0.3, 0.4) is 0 Å². The summed E-state index contributed by atoms with van der Waals surface area (Å²) in [5.74, 6) is 0. The molecule has 1 atom stereocenters. The highest BCUT2D eigenvalue weighted by atomic mass is 79.9. The van der Waals surface area contributed by atoms with E-state index in [-0.39, 0.29) is 23.7 Å². The summed E-state index contributed by atoms with van der Waals surface area (Å²) < 4.78 is 0.835. The van der Waals surface area contributed by atoms with Crippen molar-refractivity contribution in [2.24, 2.45) is 0 Å². The number of aromatic nitrogens is 1. The molecule has 132 valence electrons. The maximum absolute atomic E-state index is 11.4. The van der Waals surface area contributed by atoms with E-state index in [1.807, 2.05) is 29.2 Å². The molecule has 1 aliphatic rings. The number of nitrogens with zero attached hydrogens (tertiary/aromatic N) is 5. The zero-order chi connectivity index (χ0) is 18.8. The lowest BCUT2D eigenvalue weighted by Gasteiger charge is -2.40. The number of carbonyl (C=O) groups is 1. The summed E-state index contributed by atoms with van der Waals surface area (Å²) in [6, 6.07) is 9.18. The van der Waals surface area contributed by atoms with Crippen LogP contribution in [0.1, 0.15) is 12.0 Å². The molecule has 1 saturated heterocycles. The summed E-state index contributed by atoms with van der Waals surface area (Å²) in [6.45, 7) is 0.943. The first kappa shape index (κ1) is 18.2. The minimum absolute atomic E-state index is 0.0764. The van der Waals surface area contributed by atoms with Crippen LogP contribution in [0.2, 0.25) is 5.15 Å². The number of anilines is 1. The second-order valence-corrected chi connectivity index (χ2v) is 7.11. The fourth-order valence-corrected chi connectivity index (χ4v) is 3.78. The molecule has 9 heteroatoms. The number of nitriles is 2. The second kappa shape index (κ2) is 7.36. The predicted molar refractivity (Wildman–Crippen MR) is 100 cm³/mol. The van der Waals surface area contributed by atoms with Crippen molar-refractivity contribution in [2.75, 3.05) is 24.5 Å². The predicted octanol–water partition coefficient (Wildman–Crippen LogP) is 3.60. The fraction of sp³-hybridized carbons (Fsp3) is 0.294. The monoisotopic (exact) mass is 433 g/mol. The number of halogens is 2. The summed E-state index contributed by atoms with van der Waals surface area (Å²) in [5, 5.41) is 28.8. The Kier molecular flexibility index (Phi) is 5.17. The minimum atomic E-state index is -1.05. The van der Waals surface area contributed by atoms with Crippen LogP contribution in [0.15, 0.2) is 22.7 Å². The van der Waals surface area contributed by atoms with Gasteiger partial charge in [0.2, 0.25) is 0 Å². The molecule has 1 fully saturated rings. The number of rotatable bonds is 2. The Morgan fingerprint density at radius 1 is 1.42 bits per heavy atom. The van der Waals surface area contributed by atoms with Gasteiger partial charge in [-0.1, -0.05) is 27.5 Å². The number of carboxylic acid groups (broad SMARTS) is 1. The Balaban J connectivity index is 2.11. The molecule has 1 aromatic heterocycles. The molecule has 0 bridgehead atoms. The summed E-state index contributed by atoms with van der Waals surface area (Å²) in [5.41, 5.74) is 1.51. The SMILES string of the molecule is N#CC[C@H]1CN(c2c(C#N)c(Cl)nc3cc(Br)ccc23)CCN1C(=O)O. The van der Waals surface area contributed by atoms with Crippen LogP contribution < -0.4 is 4.90 Å². The van der Waals surface area contributed by atoms with Gasteiger partial charge in [-0.3, -0.25) is 0 Å². The van der Waals surface area contributed by atoms with E-state index >= 15 is 0 Å². The summed E-state index contributed by atoms with van der Waals surface area (Å²) in [4.78, 5) is 18.9. The maximum atomic E-state index is 11.4. The van der Waals surface area contributed by atoms with E-state index in [0.717, 1.165) is 9.86 Å². The van der Waals surface area contributed by atoms with Crippen molar-refractivity contribution in [3.63, 3.8) is 0 Å². The van der Waals surface area contributed by atoms with Crippen LogP contribution in [0.5, 0.6) is 0 Å². The van der Waals surface area contributed by atoms with Crippen molar-refractivity contribution in [1.29, 1.82) is 10.5 Å². The number of hydrogen-bond donors (Lipinski definition) is 1. The normalized spacial score (nSPS) is 17.0. The third kappa shape index (κ3) is 3.26. The fourth-order valence-electron chi connectivity index (χ4n) is 3.21. The number of piperazine rings is 1. The van der Waals surface area contributed by atoms with Gasteiger partial charge in [0.1, 0.15) is 16.8 Å². The molecule has 0 aliphatic carbocycles. The molecule has 2 aromatic rings. The van der Waals surface area contributed by atoms with Crippen molar-refractivity contribution in [3.8, 4) is 12.1 Å². The van der Waals surface area contributed by atoms with Gasteiger partial charge in [-0.15, -0.1) is 0 Å². The maximum Gasteiger partial charge on any atom is 0.407 e. The van der Waals surface area contributed by atoms with E-state index in [0.29, 0.717) is 24.3 Å². The van der Waals surface area contributed by atoms with E-state index in [4.69, 9.17) is 16.9 Å². The van der Waals surface area contributed by atoms with E-state index in [1.165, 1.54) is 4.90 Å². The van der Waals surface area contributed by atoms with Gasteiger partial charge in [0.25, 0.3) is 0 Å². The quantitative estimate of drug-likeness (QED) is 0.724. The van der Waals surface area contributed by atoms with Crippen molar-refractivity contribution >= 4 is 50.2 Å². The smallest absolute Gasteiger partial charge is 0.407 e. The molecule has 0 unspecified atom stereocenters. The molecule has 0 radical (unpaired) electrons. The van der Waals surface area contributed by atoms with Gasteiger partial charge in [-0.25, -0.2) is 9.78 Å². The molecule has 7 nitrogen and oxygen atoms in total. The molecule has 1 aliphatic heterocycles. The lowest BCUT2D eigenvalue weighted by Crippen LogP contribution is -2.55. The van der Waals surface area contributed by atoms with Gasteiger partial charge in [0, 0.05) is 29.5 Å². The van der Waals surface area contributed by atoms with Gasteiger partial charge in [-0.2, -0.15) is 10.5 Å². The van der Waals surface area contributed by atoms with E-state index in [1.54, 1.807) is 0 Å². The molecule has 3 rings (SSSR count). The first-order valence-corrected chi connectivity index (χ1v) is 8.93. The molecule has 0 spiro atoms. The zero-order valence-corrected chi connectivity index (χ0v) is 15.8. The first-order valence-electron chi connectivity index (χ1n) is 7.76. The van der Waals surface area contributed by atoms with Gasteiger partial charge in [0.05, 0.1) is 29.7 Å². The Morgan fingerprint density at radius 2 is 2.19 bits per heavy atom. The summed E-state index contributed by atoms with van der Waals surface area (Å²) >= 11 is 9.62. The van der Waals surface area contributed by atoms with Crippen LogP contribution in [-0.4, -0.2) is 46.8 Å². The zero-order valence-electron chi connectivity index (χ0n) is 13.5. The first-order chi connectivity index (χ1) is 12.5. The average molecular weight is 435 g/mol. The molecule has 1 amide bonds. The molecule has 1 aromatic carbocycles. The highest BCUT2D eigenvalue weighted by Crippen LogP contribution is 2.36. The second-order valence-electron chi connectivity index (χ2n) is 5.84. The molecule has 26 heavy (non-hydrogen) atoms. The topological polar surface area (TPSA) is 104 Å². The van der Waals surface area contributed by atoms with Gasteiger partial charge in [0.15, 0.2) is 0 Å². The molecular weight excluding hydrogens is 422 g/mol. The largest absolute Gasteiger partial charge is 0.465 e. The van der Waals surface area contributed by atoms with Crippen molar-refractivity contribution in [2.45, 2.75) is 12.5 Å². The van der Waals surface area contributed by atoms with Crippen molar-refractivity contribution in [1.82, 2.24) is 9.88 Å². The third-order valence-electron chi connectivity index (χ3n) is 4.36. The molecule has 2 heterocycles. The van der Waals surface area contributed by atoms with E-state index in [9.17, 15) is 15.2 Å². The minimum Gasteiger partial charge on any atom is -0.465 e. The van der Waals surface area contributed by atoms with E-state index in [2.05, 4.69) is 27.0 Å². The lowest BCUT2D eigenvalue weighted by atomic mass is 10.0. The Labute approximate surface area is 163 Å². The molecule has 1 N–H and O–H groups in total. The summed E-state index contributed by atoms with van der Waals surface area (Å²) in [7, 11) is 0. The van der Waals surface area contributed by atoms with Crippen LogP contribution in [-0.2, 0) is 0 Å². The number of pyridine rings is 1. The standard InChI is InChI=1S/C17H13BrClN5O2/c18-10-1-2-12-14(7-10)22-16(19)13(8-21)15(12)23-5-6-24(17(25)26)11(9-23)3-4-20/h1-2,7,11H,3,5-6,9H2,(H,25,26)/t11-/m0/s1. The third-order valence-corrected chi connectivity index (χ3v) is 5.13. The van der Waals surface area contributed by atoms with Crippen molar-refractivity contribution in [3.05, 3.63) is 33.4 Å². The summed E-state index contributed by atoms with van der Waals surface area (Å²) in [6.07, 6.45) is -0.973. The van der Waals surface area contributed by atoms with Gasteiger partial charge >= 0.3 is 6.09 Å². The van der Waals surface area contributed by atoms with Gasteiger partial charge in [-0.05, 0) is 18.2 Å². The van der Waals surface area contributed by atoms with Crippen LogP contribution in [0.4, 0.5) is 10.5 Å². The Morgan fingerprint density at radius 3 is 2.85 bits per heavy atom. The van der Waals surface area contributed by atoms with E-state index < -0.39 is 12.1 Å². The molecule has 0 saturated carbocycles.